The highest BCUT2D eigenvalue weighted by Gasteiger charge is 2.58. The lowest BCUT2D eigenvalue weighted by Crippen LogP contribution is -2.57. The maximum atomic E-state index is 12.1. The molecule has 0 aliphatic heterocycles. The van der Waals surface area contributed by atoms with E-state index in [0.717, 1.165) is 37.0 Å². The molecule has 0 spiro atoms. The molecule has 4 saturated carbocycles. The van der Waals surface area contributed by atoms with Gasteiger partial charge in [0, 0.05) is 5.41 Å². The highest BCUT2D eigenvalue weighted by atomic mass is 16.6. The monoisotopic (exact) mass is 294 g/mol. The molecule has 4 aliphatic carbocycles. The number of esters is 1. The van der Waals surface area contributed by atoms with E-state index in [-0.39, 0.29) is 5.41 Å². The minimum atomic E-state index is -1.11. The number of rotatable bonds is 4. The number of aliphatic carboxylic acids is 1. The third kappa shape index (κ3) is 2.36. The van der Waals surface area contributed by atoms with Gasteiger partial charge in [-0.2, -0.15) is 0 Å². The second kappa shape index (κ2) is 4.72. The van der Waals surface area contributed by atoms with Gasteiger partial charge in [0.1, 0.15) is 5.60 Å². The van der Waals surface area contributed by atoms with Crippen LogP contribution in [0.25, 0.3) is 0 Å². The summed E-state index contributed by atoms with van der Waals surface area (Å²) < 4.78 is 5.73. The van der Waals surface area contributed by atoms with Crippen molar-refractivity contribution in [1.82, 2.24) is 0 Å². The Labute approximate surface area is 126 Å². The van der Waals surface area contributed by atoms with Crippen LogP contribution in [0.1, 0.15) is 59.3 Å². The third-order valence-electron chi connectivity index (χ3n) is 6.40. The van der Waals surface area contributed by atoms with Crippen LogP contribution in [0, 0.1) is 29.1 Å². The topological polar surface area (TPSA) is 63.6 Å². The number of carbonyl (C=O) groups excluding carboxylic acids is 1. The van der Waals surface area contributed by atoms with Crippen molar-refractivity contribution in [2.45, 2.75) is 64.9 Å². The van der Waals surface area contributed by atoms with Crippen LogP contribution in [-0.4, -0.2) is 22.6 Å². The Bertz CT molecular complexity index is 430. The zero-order valence-corrected chi connectivity index (χ0v) is 13.2. The molecule has 1 N–H and O–H groups in total. The van der Waals surface area contributed by atoms with E-state index in [1.54, 1.807) is 0 Å². The zero-order valence-electron chi connectivity index (χ0n) is 13.2. The van der Waals surface area contributed by atoms with Gasteiger partial charge in [-0.3, -0.25) is 9.59 Å². The largest absolute Gasteiger partial charge is 0.481 e. The Hall–Kier alpha value is -1.06. The lowest BCUT2D eigenvalue weighted by atomic mass is 9.46. The van der Waals surface area contributed by atoms with E-state index < -0.39 is 23.5 Å². The standard InChI is InChI=1S/C17H26O4/c1-10(14(18)19)15(20)21-16(2,3)17-7-11-4-12(8-17)6-13(5-11)9-17/h10-13H,4-9H2,1-3H3,(H,18,19). The molecule has 118 valence electrons. The molecule has 4 aliphatic rings. The lowest BCUT2D eigenvalue weighted by molar-refractivity contribution is -0.202. The van der Waals surface area contributed by atoms with E-state index in [4.69, 9.17) is 9.84 Å². The van der Waals surface area contributed by atoms with Crippen LogP contribution in [0.2, 0.25) is 0 Å². The van der Waals surface area contributed by atoms with Gasteiger partial charge < -0.3 is 9.84 Å². The number of carboxylic acids is 1. The van der Waals surface area contributed by atoms with E-state index in [1.165, 1.54) is 26.2 Å². The van der Waals surface area contributed by atoms with Gasteiger partial charge in [0.25, 0.3) is 0 Å². The van der Waals surface area contributed by atoms with E-state index in [2.05, 4.69) is 0 Å². The highest BCUT2D eigenvalue weighted by Crippen LogP contribution is 2.64. The fourth-order valence-electron chi connectivity index (χ4n) is 5.40. The molecule has 1 unspecified atom stereocenters. The second-order valence-corrected chi connectivity index (χ2v) is 8.19. The van der Waals surface area contributed by atoms with Crippen molar-refractivity contribution in [2.75, 3.05) is 0 Å². The molecule has 0 saturated heterocycles. The molecular formula is C17H26O4. The van der Waals surface area contributed by atoms with Crippen LogP contribution in [0.3, 0.4) is 0 Å². The minimum Gasteiger partial charge on any atom is -0.481 e. The van der Waals surface area contributed by atoms with Gasteiger partial charge in [-0.15, -0.1) is 0 Å². The Balaban J connectivity index is 1.78. The van der Waals surface area contributed by atoms with Crippen LogP contribution in [0.15, 0.2) is 0 Å². The van der Waals surface area contributed by atoms with Gasteiger partial charge in [0.05, 0.1) is 0 Å². The van der Waals surface area contributed by atoms with E-state index in [1.807, 2.05) is 13.8 Å². The summed E-state index contributed by atoms with van der Waals surface area (Å²) in [5.41, 5.74) is -0.501. The molecule has 4 rings (SSSR count). The maximum Gasteiger partial charge on any atom is 0.320 e. The summed E-state index contributed by atoms with van der Waals surface area (Å²) in [6, 6.07) is 0. The van der Waals surface area contributed by atoms with Gasteiger partial charge in [0.15, 0.2) is 5.92 Å². The van der Waals surface area contributed by atoms with Crippen molar-refractivity contribution in [1.29, 1.82) is 0 Å². The number of ether oxygens (including phenoxy) is 1. The molecule has 1 atom stereocenters. The molecule has 0 amide bonds. The van der Waals surface area contributed by atoms with Crippen LogP contribution >= 0.6 is 0 Å². The van der Waals surface area contributed by atoms with Gasteiger partial charge in [-0.25, -0.2) is 0 Å². The summed E-state index contributed by atoms with van der Waals surface area (Å²) in [5.74, 6) is -0.439. The first-order chi connectivity index (χ1) is 9.72. The second-order valence-electron chi connectivity index (χ2n) is 8.19. The van der Waals surface area contributed by atoms with E-state index in [0.29, 0.717) is 0 Å². The van der Waals surface area contributed by atoms with Crippen LogP contribution in [-0.2, 0) is 14.3 Å². The number of hydrogen-bond acceptors (Lipinski definition) is 3. The maximum absolute atomic E-state index is 12.1. The fraction of sp³-hybridized carbons (Fsp3) is 0.882. The summed E-state index contributed by atoms with van der Waals surface area (Å²) in [5, 5.41) is 8.98. The number of carboxylic acid groups (broad SMARTS) is 1. The summed E-state index contributed by atoms with van der Waals surface area (Å²) in [7, 11) is 0. The summed E-state index contributed by atoms with van der Waals surface area (Å²) in [6.07, 6.45) is 7.45. The molecule has 4 nitrogen and oxygen atoms in total. The Morgan fingerprint density at radius 3 is 1.90 bits per heavy atom. The van der Waals surface area contributed by atoms with Crippen molar-refractivity contribution in [2.24, 2.45) is 29.1 Å². The molecule has 0 radical (unpaired) electrons. The normalized spacial score (nSPS) is 39.1. The van der Waals surface area contributed by atoms with Gasteiger partial charge >= 0.3 is 11.9 Å². The van der Waals surface area contributed by atoms with Crippen LogP contribution < -0.4 is 0 Å². The molecule has 0 aromatic heterocycles. The first-order valence-electron chi connectivity index (χ1n) is 8.18. The SMILES string of the molecule is CC(C(=O)O)C(=O)OC(C)(C)C12CC3CC(CC(C3)C1)C2. The Morgan fingerprint density at radius 1 is 1.10 bits per heavy atom. The predicted molar refractivity (Wildman–Crippen MR) is 77.6 cm³/mol. The Morgan fingerprint density at radius 2 is 1.52 bits per heavy atom. The van der Waals surface area contributed by atoms with Gasteiger partial charge in [-0.1, -0.05) is 0 Å². The average molecular weight is 294 g/mol. The van der Waals surface area contributed by atoms with E-state index in [9.17, 15) is 9.59 Å². The first-order valence-corrected chi connectivity index (χ1v) is 8.18. The first kappa shape index (κ1) is 14.9. The van der Waals surface area contributed by atoms with Gasteiger partial charge in [-0.05, 0) is 77.0 Å². The van der Waals surface area contributed by atoms with Crippen molar-refractivity contribution < 1.29 is 19.4 Å². The lowest BCUT2D eigenvalue weighted by Gasteiger charge is -2.61. The molecule has 0 aromatic rings. The molecule has 4 heteroatoms. The predicted octanol–water partition coefficient (Wildman–Crippen LogP) is 3.25. The van der Waals surface area contributed by atoms with Crippen molar-refractivity contribution in [3.63, 3.8) is 0 Å². The highest BCUT2D eigenvalue weighted by molar-refractivity contribution is 5.93. The summed E-state index contributed by atoms with van der Waals surface area (Å²) in [4.78, 5) is 23.1. The molecule has 4 bridgehead atoms. The smallest absolute Gasteiger partial charge is 0.320 e. The third-order valence-corrected chi connectivity index (χ3v) is 6.40. The number of hydrogen-bond donors (Lipinski definition) is 1. The molecule has 21 heavy (non-hydrogen) atoms. The average Bonchev–Trinajstić information content (AvgIpc) is 2.35. The summed E-state index contributed by atoms with van der Waals surface area (Å²) >= 11 is 0. The van der Waals surface area contributed by atoms with Crippen molar-refractivity contribution in [3.8, 4) is 0 Å². The van der Waals surface area contributed by atoms with Crippen LogP contribution in [0.5, 0.6) is 0 Å². The zero-order chi connectivity index (χ0) is 15.4. The molecule has 0 heterocycles. The van der Waals surface area contributed by atoms with E-state index >= 15 is 0 Å². The number of carbonyl (C=O) groups is 2. The molecule has 0 aromatic carbocycles. The Kier molecular flexibility index (Phi) is 3.34. The van der Waals surface area contributed by atoms with Crippen molar-refractivity contribution >= 4 is 11.9 Å². The minimum absolute atomic E-state index is 0.0651. The van der Waals surface area contributed by atoms with Gasteiger partial charge in [0.2, 0.25) is 0 Å². The fourth-order valence-corrected chi connectivity index (χ4v) is 5.40. The quantitative estimate of drug-likeness (QED) is 0.638. The summed E-state index contributed by atoms with van der Waals surface area (Å²) in [6.45, 7) is 5.39. The molecule has 4 fully saturated rings. The molecular weight excluding hydrogens is 268 g/mol. The van der Waals surface area contributed by atoms with Crippen molar-refractivity contribution in [3.05, 3.63) is 0 Å². The van der Waals surface area contributed by atoms with Crippen LogP contribution in [0.4, 0.5) is 0 Å².